The normalized spacial score (nSPS) is 10.8. The van der Waals surface area contributed by atoms with Gasteiger partial charge in [-0.2, -0.15) is 0 Å². The van der Waals surface area contributed by atoms with Gasteiger partial charge in [0.05, 0.1) is 0 Å². The molecule has 2 aromatic heterocycles. The summed E-state index contributed by atoms with van der Waals surface area (Å²) >= 11 is 8.50. The highest BCUT2D eigenvalue weighted by atomic mass is 79.9. The van der Waals surface area contributed by atoms with Crippen LogP contribution in [0.25, 0.3) is 5.65 Å². The summed E-state index contributed by atoms with van der Waals surface area (Å²) in [6.45, 7) is 0.179. The molecule has 8 heteroatoms. The number of carbonyl (C=O) groups excluding carboxylic acids is 1. The Bertz CT molecular complexity index is 989. The molecule has 2 N–H and O–H groups in total. The molecule has 0 spiro atoms. The molecule has 0 fully saturated rings. The van der Waals surface area contributed by atoms with Crippen LogP contribution in [0.3, 0.4) is 0 Å². The lowest BCUT2D eigenvalue weighted by Crippen LogP contribution is -2.24. The van der Waals surface area contributed by atoms with Gasteiger partial charge in [-0.3, -0.25) is 9.20 Å². The van der Waals surface area contributed by atoms with E-state index in [0.29, 0.717) is 5.65 Å². The predicted molar refractivity (Wildman–Crippen MR) is 93.0 cm³/mol. The molecule has 0 unspecified atom stereocenters. The Morgan fingerprint density at radius 2 is 2.00 bits per heavy atom. The van der Waals surface area contributed by atoms with E-state index in [-0.39, 0.29) is 28.4 Å². The second-order valence-electron chi connectivity index (χ2n) is 5.00. The monoisotopic (exact) mass is 407 g/mol. The third kappa shape index (κ3) is 3.29. The van der Waals surface area contributed by atoms with Crippen LogP contribution in [0.15, 0.2) is 47.1 Å². The van der Waals surface area contributed by atoms with Gasteiger partial charge in [0.25, 0.3) is 5.91 Å². The summed E-state index contributed by atoms with van der Waals surface area (Å²) in [5.74, 6) is -1.27. The molecule has 3 aromatic rings. The number of carbonyl (C=O) groups is 1. The number of halogens is 2. The van der Waals surface area contributed by atoms with E-state index in [9.17, 15) is 14.3 Å². The Kier molecular flexibility index (Phi) is 4.59. The number of amides is 1. The van der Waals surface area contributed by atoms with Crippen LogP contribution < -0.4 is 5.32 Å². The number of hydrogen-bond acceptors (Lipinski definition) is 4. The van der Waals surface area contributed by atoms with Gasteiger partial charge in [0.2, 0.25) is 0 Å². The van der Waals surface area contributed by atoms with Crippen LogP contribution in [0.4, 0.5) is 4.39 Å². The van der Waals surface area contributed by atoms with Crippen LogP contribution >= 0.6 is 28.1 Å². The molecule has 1 amide bonds. The molecule has 0 atom stereocenters. The number of aromatic hydroxyl groups is 1. The van der Waals surface area contributed by atoms with Crippen molar-refractivity contribution in [1.29, 1.82) is 0 Å². The van der Waals surface area contributed by atoms with Gasteiger partial charge < -0.3 is 10.4 Å². The van der Waals surface area contributed by atoms with E-state index in [1.54, 1.807) is 30.5 Å². The number of nitrogens with zero attached hydrogens (tertiary/aromatic N) is 2. The molecule has 0 saturated heterocycles. The summed E-state index contributed by atoms with van der Waals surface area (Å²) in [5.41, 5.74) is 1.01. The number of pyridine rings is 1. The van der Waals surface area contributed by atoms with Crippen molar-refractivity contribution in [2.75, 3.05) is 0 Å². The maximum absolute atomic E-state index is 12.9. The number of aromatic nitrogens is 2. The lowest BCUT2D eigenvalue weighted by Gasteiger charge is -2.09. The Hall–Kier alpha value is -2.32. The molecule has 0 aliphatic carbocycles. The van der Waals surface area contributed by atoms with E-state index in [1.807, 2.05) is 0 Å². The van der Waals surface area contributed by atoms with E-state index >= 15 is 0 Å². The van der Waals surface area contributed by atoms with Crippen LogP contribution in [-0.2, 0) is 6.54 Å². The Morgan fingerprint density at radius 1 is 1.29 bits per heavy atom. The maximum Gasteiger partial charge on any atom is 0.274 e. The minimum atomic E-state index is -0.562. The summed E-state index contributed by atoms with van der Waals surface area (Å²) < 4.78 is 15.2. The third-order valence-electron chi connectivity index (χ3n) is 3.34. The SMILES string of the molecule is O=C(NCc1ccc(F)cc1)c1nc2ccc(Br)cn2c(=S)c1O. The molecule has 0 aliphatic rings. The maximum atomic E-state index is 12.9. The second kappa shape index (κ2) is 6.66. The molecule has 3 rings (SSSR count). The van der Waals surface area contributed by atoms with Crippen molar-refractivity contribution in [2.24, 2.45) is 0 Å². The molecule has 24 heavy (non-hydrogen) atoms. The average molecular weight is 408 g/mol. The quantitative estimate of drug-likeness (QED) is 0.650. The zero-order chi connectivity index (χ0) is 17.3. The molecule has 122 valence electrons. The summed E-state index contributed by atoms with van der Waals surface area (Å²) in [6.07, 6.45) is 1.66. The fraction of sp³-hybridized carbons (Fsp3) is 0.0625. The van der Waals surface area contributed by atoms with Crippen LogP contribution in [-0.4, -0.2) is 20.4 Å². The topological polar surface area (TPSA) is 66.6 Å². The average Bonchev–Trinajstić information content (AvgIpc) is 2.58. The molecule has 0 aliphatic heterocycles. The molecule has 5 nitrogen and oxygen atoms in total. The van der Waals surface area contributed by atoms with E-state index in [4.69, 9.17) is 12.2 Å². The Labute approximate surface area is 149 Å². The first kappa shape index (κ1) is 16.5. The van der Waals surface area contributed by atoms with Crippen molar-refractivity contribution in [2.45, 2.75) is 6.54 Å². The Balaban J connectivity index is 1.89. The van der Waals surface area contributed by atoms with Crippen molar-refractivity contribution in [3.8, 4) is 5.75 Å². The van der Waals surface area contributed by atoms with Gasteiger partial charge in [0.15, 0.2) is 16.1 Å². The summed E-state index contributed by atoms with van der Waals surface area (Å²) in [4.78, 5) is 16.5. The lowest BCUT2D eigenvalue weighted by molar-refractivity contribution is 0.0943. The largest absolute Gasteiger partial charge is 0.503 e. The van der Waals surface area contributed by atoms with E-state index in [1.165, 1.54) is 16.5 Å². The molecule has 1 aromatic carbocycles. The fourth-order valence-electron chi connectivity index (χ4n) is 2.13. The van der Waals surface area contributed by atoms with Crippen LogP contribution in [0.5, 0.6) is 5.75 Å². The van der Waals surface area contributed by atoms with Gasteiger partial charge in [0.1, 0.15) is 11.5 Å². The van der Waals surface area contributed by atoms with E-state index in [2.05, 4.69) is 26.2 Å². The highest BCUT2D eigenvalue weighted by Crippen LogP contribution is 2.20. The molecule has 0 radical (unpaired) electrons. The second-order valence-corrected chi connectivity index (χ2v) is 6.30. The summed E-state index contributed by atoms with van der Waals surface area (Å²) in [7, 11) is 0. The van der Waals surface area contributed by atoms with Gasteiger partial charge >= 0.3 is 0 Å². The van der Waals surface area contributed by atoms with Crippen molar-refractivity contribution < 1.29 is 14.3 Å². The van der Waals surface area contributed by atoms with Gasteiger partial charge in [-0.15, -0.1) is 0 Å². The lowest BCUT2D eigenvalue weighted by atomic mass is 10.2. The molecule has 2 heterocycles. The van der Waals surface area contributed by atoms with Crippen molar-refractivity contribution in [3.63, 3.8) is 0 Å². The van der Waals surface area contributed by atoms with E-state index in [0.717, 1.165) is 10.0 Å². The Morgan fingerprint density at radius 3 is 2.71 bits per heavy atom. The number of hydrogen-bond donors (Lipinski definition) is 2. The first-order valence-electron chi connectivity index (χ1n) is 6.89. The van der Waals surface area contributed by atoms with Gasteiger partial charge in [-0.25, -0.2) is 9.37 Å². The van der Waals surface area contributed by atoms with Crippen molar-refractivity contribution in [1.82, 2.24) is 14.7 Å². The number of fused-ring (bicyclic) bond motifs is 1. The van der Waals surface area contributed by atoms with Crippen molar-refractivity contribution in [3.05, 3.63) is 68.8 Å². The smallest absolute Gasteiger partial charge is 0.274 e. The summed E-state index contributed by atoms with van der Waals surface area (Å²) in [6, 6.07) is 9.18. The zero-order valence-electron chi connectivity index (χ0n) is 12.2. The third-order valence-corrected chi connectivity index (χ3v) is 4.20. The first-order valence-corrected chi connectivity index (χ1v) is 8.09. The predicted octanol–water partition coefficient (Wildman–Crippen LogP) is 3.60. The highest BCUT2D eigenvalue weighted by molar-refractivity contribution is 9.10. The number of rotatable bonds is 3. The number of nitrogens with one attached hydrogen (secondary N) is 1. The minimum Gasteiger partial charge on any atom is -0.503 e. The highest BCUT2D eigenvalue weighted by Gasteiger charge is 2.16. The summed E-state index contributed by atoms with van der Waals surface area (Å²) in [5, 5.41) is 12.8. The fourth-order valence-corrected chi connectivity index (χ4v) is 2.71. The molecular weight excluding hydrogens is 397 g/mol. The first-order chi connectivity index (χ1) is 11.5. The molecular formula is C16H11BrFN3O2S. The van der Waals surface area contributed by atoms with Gasteiger partial charge in [-0.1, -0.05) is 24.4 Å². The standard InChI is InChI=1S/C16H11BrFN3O2S/c17-10-3-6-12-20-13(14(22)16(24)21(12)8-10)15(23)19-7-9-1-4-11(18)5-2-9/h1-6,8,22H,7H2,(H,19,23). The van der Waals surface area contributed by atoms with Gasteiger partial charge in [-0.05, 0) is 45.8 Å². The minimum absolute atomic E-state index is 0.0910. The van der Waals surface area contributed by atoms with E-state index < -0.39 is 5.91 Å². The number of benzene rings is 1. The van der Waals surface area contributed by atoms with Crippen LogP contribution in [0.2, 0.25) is 0 Å². The molecule has 0 bridgehead atoms. The van der Waals surface area contributed by atoms with Crippen molar-refractivity contribution >= 4 is 39.7 Å². The van der Waals surface area contributed by atoms with Gasteiger partial charge in [0, 0.05) is 17.2 Å². The van der Waals surface area contributed by atoms with Crippen LogP contribution in [0, 0.1) is 10.5 Å². The molecule has 0 saturated carbocycles. The zero-order valence-corrected chi connectivity index (χ0v) is 14.6. The van der Waals surface area contributed by atoms with Crippen LogP contribution in [0.1, 0.15) is 16.1 Å².